The minimum Gasteiger partial charge on any atom is -0.361 e. The molecule has 0 bridgehead atoms. The normalized spacial score (nSPS) is 22.4. The minimum atomic E-state index is 0.519. The van der Waals surface area contributed by atoms with Crippen molar-refractivity contribution in [3.8, 4) is 0 Å². The number of aromatic nitrogens is 3. The molecule has 2 aromatic rings. The van der Waals surface area contributed by atoms with E-state index < -0.39 is 0 Å². The van der Waals surface area contributed by atoms with Gasteiger partial charge in [0.15, 0.2) is 5.82 Å². The van der Waals surface area contributed by atoms with Crippen molar-refractivity contribution in [2.75, 3.05) is 20.1 Å². The van der Waals surface area contributed by atoms with E-state index >= 15 is 0 Å². The predicted molar refractivity (Wildman–Crippen MR) is 87.3 cm³/mol. The molecule has 7 nitrogen and oxygen atoms in total. The van der Waals surface area contributed by atoms with Gasteiger partial charge in [-0.1, -0.05) is 10.3 Å². The van der Waals surface area contributed by atoms with Gasteiger partial charge in [-0.25, -0.2) is 0 Å². The van der Waals surface area contributed by atoms with Crippen molar-refractivity contribution in [2.24, 2.45) is 0 Å². The summed E-state index contributed by atoms with van der Waals surface area (Å²) >= 11 is 0. The van der Waals surface area contributed by atoms with Crippen LogP contribution in [0.2, 0.25) is 0 Å². The Labute approximate surface area is 142 Å². The molecular formula is C17H25N5O2. The van der Waals surface area contributed by atoms with Gasteiger partial charge in [-0.3, -0.25) is 9.80 Å². The summed E-state index contributed by atoms with van der Waals surface area (Å²) < 4.78 is 10.5. The van der Waals surface area contributed by atoms with Gasteiger partial charge in [-0.15, -0.1) is 0 Å². The highest BCUT2D eigenvalue weighted by Crippen LogP contribution is 2.38. The van der Waals surface area contributed by atoms with E-state index in [2.05, 4.69) is 32.1 Å². The van der Waals surface area contributed by atoms with E-state index in [0.717, 1.165) is 49.3 Å². The number of aryl methyl sites for hydroxylation is 1. The molecule has 2 fully saturated rings. The summed E-state index contributed by atoms with van der Waals surface area (Å²) in [5, 5.41) is 8.25. The molecule has 130 valence electrons. The Morgan fingerprint density at radius 2 is 2.12 bits per heavy atom. The molecule has 0 radical (unpaired) electrons. The van der Waals surface area contributed by atoms with Crippen molar-refractivity contribution in [3.05, 3.63) is 29.2 Å². The summed E-state index contributed by atoms with van der Waals surface area (Å²) in [7, 11) is 2.16. The van der Waals surface area contributed by atoms with Gasteiger partial charge >= 0.3 is 0 Å². The minimum absolute atomic E-state index is 0.519. The zero-order valence-corrected chi connectivity index (χ0v) is 14.4. The molecule has 0 N–H and O–H groups in total. The van der Waals surface area contributed by atoms with Gasteiger partial charge in [0, 0.05) is 31.1 Å². The molecule has 2 aromatic heterocycles. The topological polar surface area (TPSA) is 71.4 Å². The van der Waals surface area contributed by atoms with Crippen LogP contribution < -0.4 is 0 Å². The third-order valence-electron chi connectivity index (χ3n) is 4.97. The maximum atomic E-state index is 5.37. The van der Waals surface area contributed by atoms with Gasteiger partial charge in [0.25, 0.3) is 0 Å². The highest BCUT2D eigenvalue weighted by molar-refractivity contribution is 5.04. The quantitative estimate of drug-likeness (QED) is 0.804. The second-order valence-corrected chi connectivity index (χ2v) is 7.20. The van der Waals surface area contributed by atoms with Gasteiger partial charge in [-0.05, 0) is 46.2 Å². The van der Waals surface area contributed by atoms with Crippen LogP contribution in [0.4, 0.5) is 0 Å². The lowest BCUT2D eigenvalue weighted by Gasteiger charge is -2.36. The molecule has 1 aliphatic heterocycles. The van der Waals surface area contributed by atoms with E-state index in [-0.39, 0.29) is 0 Å². The van der Waals surface area contributed by atoms with E-state index in [4.69, 9.17) is 9.05 Å². The fourth-order valence-electron chi connectivity index (χ4n) is 3.44. The molecule has 4 rings (SSSR count). The third kappa shape index (κ3) is 3.67. The molecule has 0 aromatic carbocycles. The summed E-state index contributed by atoms with van der Waals surface area (Å²) in [5.74, 6) is 3.05. The molecule has 3 heterocycles. The second kappa shape index (κ2) is 6.64. The van der Waals surface area contributed by atoms with Crippen molar-refractivity contribution in [1.82, 2.24) is 25.1 Å². The zero-order valence-electron chi connectivity index (χ0n) is 14.4. The molecule has 1 unspecified atom stereocenters. The van der Waals surface area contributed by atoms with E-state index in [1.165, 1.54) is 25.7 Å². The first-order valence-corrected chi connectivity index (χ1v) is 8.84. The maximum Gasteiger partial charge on any atom is 0.229 e. The van der Waals surface area contributed by atoms with Crippen molar-refractivity contribution in [3.63, 3.8) is 0 Å². The summed E-state index contributed by atoms with van der Waals surface area (Å²) in [6, 6.07) is 2.53. The predicted octanol–water partition coefficient (Wildman–Crippen LogP) is 2.34. The molecule has 1 saturated heterocycles. The maximum absolute atomic E-state index is 5.37. The molecule has 1 saturated carbocycles. The largest absolute Gasteiger partial charge is 0.361 e. The van der Waals surface area contributed by atoms with E-state index in [1.54, 1.807) is 0 Å². The van der Waals surface area contributed by atoms with Crippen molar-refractivity contribution in [2.45, 2.75) is 57.7 Å². The summed E-state index contributed by atoms with van der Waals surface area (Å²) in [6.07, 6.45) is 4.79. The average Bonchev–Trinajstić information content (AvgIpc) is 3.19. The van der Waals surface area contributed by atoms with Crippen molar-refractivity contribution >= 4 is 0 Å². The SMILES string of the molecule is Cc1cc(CN(C)C2CCCN(Cc3noc(C4CC4)n3)C2)no1. The zero-order chi connectivity index (χ0) is 16.5. The summed E-state index contributed by atoms with van der Waals surface area (Å²) in [5.41, 5.74) is 0.999. The lowest BCUT2D eigenvalue weighted by atomic mass is 10.0. The van der Waals surface area contributed by atoms with Crippen LogP contribution in [-0.4, -0.2) is 51.3 Å². The third-order valence-corrected chi connectivity index (χ3v) is 4.97. The van der Waals surface area contributed by atoms with Crippen LogP contribution in [-0.2, 0) is 13.1 Å². The molecular weight excluding hydrogens is 306 g/mol. The number of hydrogen-bond donors (Lipinski definition) is 0. The lowest BCUT2D eigenvalue weighted by molar-refractivity contribution is 0.103. The summed E-state index contributed by atoms with van der Waals surface area (Å²) in [6.45, 7) is 5.66. The van der Waals surface area contributed by atoms with E-state index in [0.29, 0.717) is 12.0 Å². The monoisotopic (exact) mass is 331 g/mol. The first-order valence-electron chi connectivity index (χ1n) is 8.84. The van der Waals surface area contributed by atoms with Crippen LogP contribution in [0.1, 0.15) is 54.8 Å². The second-order valence-electron chi connectivity index (χ2n) is 7.20. The standard InChI is InChI=1S/C17H25N5O2/c1-12-8-14(19-23-12)9-21(2)15-4-3-7-22(10-15)11-16-18-17(24-20-16)13-5-6-13/h8,13,15H,3-7,9-11H2,1-2H3. The van der Waals surface area contributed by atoms with Crippen LogP contribution in [0.5, 0.6) is 0 Å². The van der Waals surface area contributed by atoms with Crippen LogP contribution >= 0.6 is 0 Å². The molecule has 7 heteroatoms. The van der Waals surface area contributed by atoms with Crippen LogP contribution in [0.3, 0.4) is 0 Å². The van der Waals surface area contributed by atoms with Crippen molar-refractivity contribution < 1.29 is 9.05 Å². The first-order chi connectivity index (χ1) is 11.7. The number of piperidine rings is 1. The number of nitrogens with zero attached hydrogens (tertiary/aromatic N) is 5. The van der Waals surface area contributed by atoms with Crippen LogP contribution in [0, 0.1) is 6.92 Å². The Kier molecular flexibility index (Phi) is 4.37. The van der Waals surface area contributed by atoms with Gasteiger partial charge in [0.1, 0.15) is 5.76 Å². The Balaban J connectivity index is 1.32. The fraction of sp³-hybridized carbons (Fsp3) is 0.706. The fourth-order valence-corrected chi connectivity index (χ4v) is 3.44. The Morgan fingerprint density at radius 3 is 2.88 bits per heavy atom. The Bertz CT molecular complexity index is 678. The number of hydrogen-bond acceptors (Lipinski definition) is 7. The summed E-state index contributed by atoms with van der Waals surface area (Å²) in [4.78, 5) is 9.35. The van der Waals surface area contributed by atoms with Gasteiger partial charge in [-0.2, -0.15) is 4.98 Å². The highest BCUT2D eigenvalue weighted by Gasteiger charge is 2.30. The van der Waals surface area contributed by atoms with Gasteiger partial charge < -0.3 is 9.05 Å². The number of likely N-dealkylation sites (tertiary alicyclic amines) is 1. The Morgan fingerprint density at radius 1 is 1.25 bits per heavy atom. The first kappa shape index (κ1) is 15.8. The van der Waals surface area contributed by atoms with E-state index in [9.17, 15) is 0 Å². The number of likely N-dealkylation sites (N-methyl/N-ethyl adjacent to an activating group) is 1. The lowest BCUT2D eigenvalue weighted by Crippen LogP contribution is -2.45. The Hall–Kier alpha value is -1.73. The molecule has 1 atom stereocenters. The van der Waals surface area contributed by atoms with Gasteiger partial charge in [0.05, 0.1) is 12.2 Å². The average molecular weight is 331 g/mol. The smallest absolute Gasteiger partial charge is 0.229 e. The van der Waals surface area contributed by atoms with Crippen molar-refractivity contribution in [1.29, 1.82) is 0 Å². The van der Waals surface area contributed by atoms with Crippen LogP contribution in [0.25, 0.3) is 0 Å². The molecule has 2 aliphatic rings. The molecule has 24 heavy (non-hydrogen) atoms. The molecule has 1 aliphatic carbocycles. The van der Waals surface area contributed by atoms with Gasteiger partial charge in [0.2, 0.25) is 5.89 Å². The van der Waals surface area contributed by atoms with Crippen LogP contribution in [0.15, 0.2) is 15.1 Å². The highest BCUT2D eigenvalue weighted by atomic mass is 16.5. The van der Waals surface area contributed by atoms with E-state index in [1.807, 2.05) is 13.0 Å². The molecule has 0 spiro atoms. The number of rotatable bonds is 6. The molecule has 0 amide bonds.